The summed E-state index contributed by atoms with van der Waals surface area (Å²) in [5, 5.41) is 11.2. The van der Waals surface area contributed by atoms with Crippen LogP contribution in [0.15, 0.2) is 48.5 Å². The average molecular weight is 443 g/mol. The molecule has 11 heteroatoms. The molecule has 9 nitrogen and oxygen atoms in total. The first-order valence-corrected chi connectivity index (χ1v) is 9.99. The maximum absolute atomic E-state index is 12.1. The molecule has 2 aromatic rings. The number of hydrogen-bond donors (Lipinski definition) is 2. The SMILES string of the molecule is C[C@@H](OS(=O)(=O)[O-])[C@H](NC(=O)OCC1c2ccccc2-c2ccccc21)C(=O)O.[Na+]. The smallest absolute Gasteiger partial charge is 0.726 e. The van der Waals surface area contributed by atoms with Crippen LogP contribution >= 0.6 is 0 Å². The van der Waals surface area contributed by atoms with E-state index in [1.807, 2.05) is 53.8 Å². The number of nitrogens with one attached hydrogen (secondary N) is 1. The van der Waals surface area contributed by atoms with E-state index in [-0.39, 0.29) is 42.1 Å². The van der Waals surface area contributed by atoms with E-state index >= 15 is 0 Å². The second kappa shape index (κ2) is 9.90. The first-order chi connectivity index (χ1) is 13.7. The van der Waals surface area contributed by atoms with Gasteiger partial charge in [-0.05, 0) is 29.2 Å². The molecule has 0 saturated heterocycles. The molecule has 2 aromatic carbocycles. The molecule has 2 atom stereocenters. The Bertz CT molecular complexity index is 997. The quantitative estimate of drug-likeness (QED) is 0.310. The molecule has 0 bridgehead atoms. The summed E-state index contributed by atoms with van der Waals surface area (Å²) < 4.78 is 41.3. The van der Waals surface area contributed by atoms with Gasteiger partial charge in [0.15, 0.2) is 6.04 Å². The summed E-state index contributed by atoms with van der Waals surface area (Å²) in [6.07, 6.45) is -2.69. The number of alkyl carbamates (subject to hydrolysis) is 1. The Morgan fingerprint density at radius 1 is 1.10 bits per heavy atom. The van der Waals surface area contributed by atoms with Crippen molar-refractivity contribution in [3.8, 4) is 11.1 Å². The predicted octanol–water partition coefficient (Wildman–Crippen LogP) is -1.15. The number of benzene rings is 2. The third-order valence-corrected chi connectivity index (χ3v) is 5.16. The van der Waals surface area contributed by atoms with Crippen LogP contribution in [-0.2, 0) is 24.1 Å². The molecule has 2 N–H and O–H groups in total. The first-order valence-electron chi connectivity index (χ1n) is 8.66. The molecule has 0 fully saturated rings. The number of rotatable bonds is 7. The van der Waals surface area contributed by atoms with Crippen molar-refractivity contribution in [1.29, 1.82) is 0 Å². The van der Waals surface area contributed by atoms with Crippen molar-refractivity contribution in [3.05, 3.63) is 59.7 Å². The van der Waals surface area contributed by atoms with Crippen molar-refractivity contribution in [2.24, 2.45) is 0 Å². The van der Waals surface area contributed by atoms with Crippen LogP contribution in [0.5, 0.6) is 0 Å². The predicted molar refractivity (Wildman–Crippen MR) is 99.9 cm³/mol. The van der Waals surface area contributed by atoms with Gasteiger partial charge in [0.05, 0.1) is 0 Å². The van der Waals surface area contributed by atoms with Crippen molar-refractivity contribution in [1.82, 2.24) is 5.32 Å². The Morgan fingerprint density at radius 3 is 2.07 bits per heavy atom. The zero-order valence-corrected chi connectivity index (χ0v) is 19.1. The van der Waals surface area contributed by atoms with E-state index in [0.717, 1.165) is 29.2 Å². The van der Waals surface area contributed by atoms with E-state index < -0.39 is 34.6 Å². The maximum Gasteiger partial charge on any atom is 1.00 e. The van der Waals surface area contributed by atoms with E-state index in [9.17, 15) is 27.7 Å². The molecular formula is C19H18NNaO8S. The van der Waals surface area contributed by atoms with Crippen LogP contribution in [0.2, 0.25) is 0 Å². The van der Waals surface area contributed by atoms with E-state index in [4.69, 9.17) is 4.74 Å². The molecule has 1 aliphatic rings. The zero-order chi connectivity index (χ0) is 21.2. The van der Waals surface area contributed by atoms with Crippen LogP contribution in [0, 0.1) is 0 Å². The standard InChI is InChI=1S/C19H19NO8S.Na/c1-11(28-29(24,25)26)17(18(21)22)20-19(23)27-10-16-14-8-4-2-6-12(14)13-7-3-5-9-15(13)16;/h2-9,11,16-17H,10H2,1H3,(H,20,23)(H,21,22)(H,24,25,26);/q;+1/p-1/t11-,17+;/m1./s1. The maximum atomic E-state index is 12.1. The minimum Gasteiger partial charge on any atom is -0.726 e. The van der Waals surface area contributed by atoms with Crippen LogP contribution < -0.4 is 34.9 Å². The number of carboxylic acid groups (broad SMARTS) is 1. The van der Waals surface area contributed by atoms with Crippen molar-refractivity contribution >= 4 is 22.5 Å². The third kappa shape index (κ3) is 5.60. The largest absolute Gasteiger partial charge is 1.00 e. The van der Waals surface area contributed by atoms with Crippen LogP contribution in [0.1, 0.15) is 24.0 Å². The van der Waals surface area contributed by atoms with Crippen LogP contribution in [0.25, 0.3) is 11.1 Å². The summed E-state index contributed by atoms with van der Waals surface area (Å²) in [6.45, 7) is 0.985. The number of carbonyl (C=O) groups excluding carboxylic acids is 1. The first kappa shape index (κ1) is 24.3. The number of aliphatic carboxylic acids is 1. The molecular weight excluding hydrogens is 425 g/mol. The van der Waals surface area contributed by atoms with Crippen molar-refractivity contribution in [3.63, 3.8) is 0 Å². The summed E-state index contributed by atoms with van der Waals surface area (Å²) in [6, 6.07) is 13.6. The Hall–Kier alpha value is -1.95. The number of fused-ring (bicyclic) bond motifs is 3. The summed E-state index contributed by atoms with van der Waals surface area (Å²) in [5.74, 6) is -1.80. The van der Waals surface area contributed by atoms with Crippen molar-refractivity contribution in [2.75, 3.05) is 6.61 Å². The number of hydrogen-bond acceptors (Lipinski definition) is 7. The van der Waals surface area contributed by atoms with Gasteiger partial charge in [-0.3, -0.25) is 4.18 Å². The Kier molecular flexibility index (Phi) is 8.03. The molecule has 0 heterocycles. The molecule has 0 aromatic heterocycles. The van der Waals surface area contributed by atoms with E-state index in [0.29, 0.717) is 0 Å². The Balaban J connectivity index is 0.00000320. The molecule has 0 spiro atoms. The summed E-state index contributed by atoms with van der Waals surface area (Å²) in [7, 11) is -5.14. The molecule has 1 aliphatic carbocycles. The van der Waals surface area contributed by atoms with Crippen LogP contribution in [0.3, 0.4) is 0 Å². The van der Waals surface area contributed by atoms with Gasteiger partial charge in [-0.15, -0.1) is 0 Å². The van der Waals surface area contributed by atoms with Gasteiger partial charge in [-0.2, -0.15) is 0 Å². The van der Waals surface area contributed by atoms with E-state index in [1.54, 1.807) is 0 Å². The average Bonchev–Trinajstić information content (AvgIpc) is 2.96. The monoisotopic (exact) mass is 443 g/mol. The fourth-order valence-electron chi connectivity index (χ4n) is 3.39. The minimum absolute atomic E-state index is 0. The van der Waals surface area contributed by atoms with Gasteiger partial charge in [0.25, 0.3) is 0 Å². The second-order valence-electron chi connectivity index (χ2n) is 6.50. The fraction of sp³-hybridized carbons (Fsp3) is 0.263. The summed E-state index contributed by atoms with van der Waals surface area (Å²) in [4.78, 5) is 23.4. The van der Waals surface area contributed by atoms with Gasteiger partial charge < -0.3 is 19.7 Å². The van der Waals surface area contributed by atoms with Gasteiger partial charge in [0.2, 0.25) is 10.4 Å². The molecule has 30 heavy (non-hydrogen) atoms. The van der Waals surface area contributed by atoms with E-state index in [2.05, 4.69) is 4.18 Å². The number of ether oxygens (including phenoxy) is 1. The molecule has 3 rings (SSSR count). The minimum atomic E-state index is -5.14. The van der Waals surface area contributed by atoms with Crippen molar-refractivity contribution < 1.29 is 66.1 Å². The van der Waals surface area contributed by atoms with Crippen LogP contribution in [-0.4, -0.2) is 48.9 Å². The third-order valence-electron chi connectivity index (χ3n) is 4.62. The van der Waals surface area contributed by atoms with Gasteiger partial charge in [-0.25, -0.2) is 18.0 Å². The van der Waals surface area contributed by atoms with Gasteiger partial charge in [0, 0.05) is 5.92 Å². The number of amides is 1. The molecule has 0 unspecified atom stereocenters. The number of carbonyl (C=O) groups is 2. The molecule has 0 radical (unpaired) electrons. The Labute approximate surface area is 195 Å². The van der Waals surface area contributed by atoms with Gasteiger partial charge in [-0.1, -0.05) is 48.5 Å². The fourth-order valence-corrected chi connectivity index (χ4v) is 3.87. The molecule has 0 saturated carbocycles. The van der Waals surface area contributed by atoms with Gasteiger partial charge >= 0.3 is 41.6 Å². The van der Waals surface area contributed by atoms with E-state index in [1.165, 1.54) is 0 Å². The normalized spacial score (nSPS) is 14.6. The zero-order valence-electron chi connectivity index (χ0n) is 16.3. The Morgan fingerprint density at radius 2 is 1.60 bits per heavy atom. The molecule has 1 amide bonds. The van der Waals surface area contributed by atoms with Gasteiger partial charge in [0.1, 0.15) is 12.7 Å². The summed E-state index contributed by atoms with van der Waals surface area (Å²) >= 11 is 0. The summed E-state index contributed by atoms with van der Waals surface area (Å²) in [5.41, 5.74) is 4.02. The molecule has 154 valence electrons. The number of carboxylic acids is 1. The van der Waals surface area contributed by atoms with Crippen molar-refractivity contribution in [2.45, 2.75) is 25.0 Å². The topological polar surface area (TPSA) is 142 Å². The molecule has 0 aliphatic heterocycles. The second-order valence-corrected chi connectivity index (χ2v) is 7.50. The van der Waals surface area contributed by atoms with Crippen LogP contribution in [0.4, 0.5) is 4.79 Å².